The number of methoxy groups -OCH3 is 1. The fraction of sp³-hybridized carbons (Fsp3) is 0.364. The Labute approximate surface area is 159 Å². The van der Waals surface area contributed by atoms with E-state index in [4.69, 9.17) is 4.74 Å². The number of carboxylic acid groups (broad SMARTS) is 1. The predicted octanol–water partition coefficient (Wildman–Crippen LogP) is 3.47. The Bertz CT molecular complexity index is 833. The molecule has 1 aliphatic heterocycles. The van der Waals surface area contributed by atoms with Crippen LogP contribution in [0.2, 0.25) is 0 Å². The molecule has 0 aliphatic carbocycles. The van der Waals surface area contributed by atoms with Crippen LogP contribution in [-0.2, 0) is 22.6 Å². The molecule has 0 spiro atoms. The number of ether oxygens (including phenoxy) is 1. The van der Waals surface area contributed by atoms with Crippen molar-refractivity contribution < 1.29 is 19.4 Å². The van der Waals surface area contributed by atoms with Crippen molar-refractivity contribution >= 4 is 11.9 Å². The van der Waals surface area contributed by atoms with Gasteiger partial charge in [0.05, 0.1) is 13.0 Å². The minimum Gasteiger partial charge on any atom is -0.496 e. The molecule has 1 aliphatic rings. The van der Waals surface area contributed by atoms with Gasteiger partial charge in [0.15, 0.2) is 0 Å². The van der Waals surface area contributed by atoms with Gasteiger partial charge in [0, 0.05) is 19.5 Å². The van der Waals surface area contributed by atoms with Gasteiger partial charge in [-0.05, 0) is 35.1 Å². The van der Waals surface area contributed by atoms with E-state index in [0.29, 0.717) is 13.0 Å². The number of carbonyl (C=O) groups excluding carboxylic acids is 1. The first-order valence-corrected chi connectivity index (χ1v) is 9.20. The van der Waals surface area contributed by atoms with Crippen molar-refractivity contribution in [3.8, 4) is 5.75 Å². The van der Waals surface area contributed by atoms with Crippen LogP contribution in [0.15, 0.2) is 48.5 Å². The van der Waals surface area contributed by atoms with Crippen LogP contribution in [0.25, 0.3) is 0 Å². The molecular formula is C22H25NO4. The molecule has 0 bridgehead atoms. The normalized spacial score (nSPS) is 17.1. The average molecular weight is 367 g/mol. The molecule has 0 fully saturated rings. The van der Waals surface area contributed by atoms with E-state index < -0.39 is 11.9 Å². The summed E-state index contributed by atoms with van der Waals surface area (Å²) in [4.78, 5) is 26.2. The molecule has 5 nitrogen and oxygen atoms in total. The Morgan fingerprint density at radius 2 is 1.89 bits per heavy atom. The Balaban J connectivity index is 1.68. The van der Waals surface area contributed by atoms with E-state index in [9.17, 15) is 14.7 Å². The molecule has 0 saturated carbocycles. The molecule has 2 unspecified atom stereocenters. The molecule has 142 valence electrons. The first-order chi connectivity index (χ1) is 13.0. The number of hydrogen-bond donors (Lipinski definition) is 1. The van der Waals surface area contributed by atoms with Gasteiger partial charge in [0.1, 0.15) is 5.75 Å². The van der Waals surface area contributed by atoms with E-state index in [-0.39, 0.29) is 18.4 Å². The zero-order valence-electron chi connectivity index (χ0n) is 15.7. The molecule has 27 heavy (non-hydrogen) atoms. The maximum absolute atomic E-state index is 12.8. The molecule has 0 saturated heterocycles. The Hall–Kier alpha value is -2.82. The minimum atomic E-state index is -0.887. The third-order valence-corrected chi connectivity index (χ3v) is 5.13. The Kier molecular flexibility index (Phi) is 5.79. The van der Waals surface area contributed by atoms with Crippen LogP contribution in [0, 0.1) is 5.92 Å². The third kappa shape index (κ3) is 4.30. The second kappa shape index (κ2) is 8.25. The van der Waals surface area contributed by atoms with Gasteiger partial charge in [-0.1, -0.05) is 49.4 Å². The second-order valence-electron chi connectivity index (χ2n) is 7.19. The van der Waals surface area contributed by atoms with Crippen LogP contribution in [-0.4, -0.2) is 35.5 Å². The molecule has 1 amide bonds. The Morgan fingerprint density at radius 3 is 2.63 bits per heavy atom. The van der Waals surface area contributed by atoms with Crippen LogP contribution < -0.4 is 4.74 Å². The topological polar surface area (TPSA) is 66.8 Å². The molecule has 0 aromatic heterocycles. The predicted molar refractivity (Wildman–Crippen MR) is 103 cm³/mol. The summed E-state index contributed by atoms with van der Waals surface area (Å²) in [5.41, 5.74) is 2.81. The molecule has 1 N–H and O–H groups in total. The van der Waals surface area contributed by atoms with E-state index in [0.717, 1.165) is 28.9 Å². The standard InChI is InChI=1S/C22H25NO4/c1-15(11-16-7-4-6-10-20(16)27-2)12-21(24)23-13-17-8-3-5-9-18(17)19(14-23)22(25)26/h3-10,15,19H,11-14H2,1-2H3,(H,25,26). The van der Waals surface area contributed by atoms with Crippen molar-refractivity contribution in [1.29, 1.82) is 0 Å². The molecule has 2 aromatic carbocycles. The van der Waals surface area contributed by atoms with Crippen LogP contribution in [0.3, 0.4) is 0 Å². The van der Waals surface area contributed by atoms with E-state index in [1.807, 2.05) is 55.5 Å². The van der Waals surface area contributed by atoms with Crippen molar-refractivity contribution in [1.82, 2.24) is 4.90 Å². The van der Waals surface area contributed by atoms with Crippen molar-refractivity contribution in [2.45, 2.75) is 32.2 Å². The minimum absolute atomic E-state index is 0.00171. The van der Waals surface area contributed by atoms with Crippen molar-refractivity contribution in [2.24, 2.45) is 5.92 Å². The summed E-state index contributed by atoms with van der Waals surface area (Å²) >= 11 is 0. The highest BCUT2D eigenvalue weighted by molar-refractivity contribution is 5.81. The summed E-state index contributed by atoms with van der Waals surface area (Å²) in [7, 11) is 1.64. The summed E-state index contributed by atoms with van der Waals surface area (Å²) < 4.78 is 5.39. The molecule has 5 heteroatoms. The molecule has 2 atom stereocenters. The number of nitrogens with zero attached hydrogens (tertiary/aromatic N) is 1. The molecule has 1 heterocycles. The smallest absolute Gasteiger partial charge is 0.312 e. The number of carboxylic acids is 1. The SMILES string of the molecule is COc1ccccc1CC(C)CC(=O)N1Cc2ccccc2C(C(=O)O)C1. The fourth-order valence-corrected chi connectivity index (χ4v) is 3.75. The first-order valence-electron chi connectivity index (χ1n) is 9.20. The third-order valence-electron chi connectivity index (χ3n) is 5.13. The highest BCUT2D eigenvalue weighted by Gasteiger charge is 2.32. The van der Waals surface area contributed by atoms with Gasteiger partial charge in [0.2, 0.25) is 5.91 Å². The number of benzene rings is 2. The number of amides is 1. The lowest BCUT2D eigenvalue weighted by molar-refractivity contribution is -0.141. The van der Waals surface area contributed by atoms with E-state index >= 15 is 0 Å². The van der Waals surface area contributed by atoms with E-state index in [2.05, 4.69) is 0 Å². The number of fused-ring (bicyclic) bond motifs is 1. The fourth-order valence-electron chi connectivity index (χ4n) is 3.75. The number of carbonyl (C=O) groups is 2. The lowest BCUT2D eigenvalue weighted by Crippen LogP contribution is -2.41. The van der Waals surface area contributed by atoms with Gasteiger partial charge in [-0.25, -0.2) is 0 Å². The monoisotopic (exact) mass is 367 g/mol. The molecule has 2 aromatic rings. The van der Waals surface area contributed by atoms with Gasteiger partial charge in [-0.15, -0.1) is 0 Å². The summed E-state index contributed by atoms with van der Waals surface area (Å²) in [6, 6.07) is 15.3. The molecule has 3 rings (SSSR count). The Morgan fingerprint density at radius 1 is 1.19 bits per heavy atom. The summed E-state index contributed by atoms with van der Waals surface area (Å²) in [5.74, 6) is -0.590. The van der Waals surface area contributed by atoms with Gasteiger partial charge in [0.25, 0.3) is 0 Å². The van der Waals surface area contributed by atoms with E-state index in [1.54, 1.807) is 12.0 Å². The van der Waals surface area contributed by atoms with Crippen LogP contribution in [0.1, 0.15) is 36.0 Å². The average Bonchev–Trinajstić information content (AvgIpc) is 2.67. The van der Waals surface area contributed by atoms with Crippen molar-refractivity contribution in [3.05, 3.63) is 65.2 Å². The summed E-state index contributed by atoms with van der Waals surface area (Å²) in [6.45, 7) is 2.74. The number of rotatable bonds is 6. The number of aliphatic carboxylic acids is 1. The zero-order chi connectivity index (χ0) is 19.4. The highest BCUT2D eigenvalue weighted by atomic mass is 16.5. The second-order valence-corrected chi connectivity index (χ2v) is 7.19. The van der Waals surface area contributed by atoms with Crippen LogP contribution in [0.5, 0.6) is 5.75 Å². The maximum atomic E-state index is 12.8. The molecular weight excluding hydrogens is 342 g/mol. The largest absolute Gasteiger partial charge is 0.496 e. The van der Waals surface area contributed by atoms with Crippen molar-refractivity contribution in [2.75, 3.05) is 13.7 Å². The van der Waals surface area contributed by atoms with Crippen LogP contribution in [0.4, 0.5) is 0 Å². The lowest BCUT2D eigenvalue weighted by atomic mass is 9.89. The highest BCUT2D eigenvalue weighted by Crippen LogP contribution is 2.30. The first kappa shape index (κ1) is 19.0. The van der Waals surface area contributed by atoms with Crippen molar-refractivity contribution in [3.63, 3.8) is 0 Å². The molecule has 0 radical (unpaired) electrons. The quantitative estimate of drug-likeness (QED) is 0.849. The van der Waals surface area contributed by atoms with Gasteiger partial charge in [-0.3, -0.25) is 9.59 Å². The summed E-state index contributed by atoms with van der Waals surface area (Å²) in [6.07, 6.45) is 1.12. The van der Waals surface area contributed by atoms with Crippen LogP contribution >= 0.6 is 0 Å². The lowest BCUT2D eigenvalue weighted by Gasteiger charge is -2.33. The number of para-hydroxylation sites is 1. The number of hydrogen-bond acceptors (Lipinski definition) is 3. The zero-order valence-corrected chi connectivity index (χ0v) is 15.7. The van der Waals surface area contributed by atoms with Gasteiger partial charge in [-0.2, -0.15) is 0 Å². The van der Waals surface area contributed by atoms with Gasteiger partial charge < -0.3 is 14.7 Å². The summed E-state index contributed by atoms with van der Waals surface area (Å²) in [5, 5.41) is 9.57. The van der Waals surface area contributed by atoms with Gasteiger partial charge >= 0.3 is 5.97 Å². The van der Waals surface area contributed by atoms with E-state index in [1.165, 1.54) is 0 Å². The maximum Gasteiger partial charge on any atom is 0.312 e.